The molecule has 1 unspecified atom stereocenters. The molecule has 0 saturated heterocycles. The summed E-state index contributed by atoms with van der Waals surface area (Å²) >= 11 is 0. The summed E-state index contributed by atoms with van der Waals surface area (Å²) < 4.78 is 1.91. The zero-order valence-corrected chi connectivity index (χ0v) is 12.7. The second-order valence-electron chi connectivity index (χ2n) is 6.14. The molecule has 3 heteroatoms. The van der Waals surface area contributed by atoms with E-state index in [2.05, 4.69) is 30.6 Å². The molecule has 0 aromatic carbocycles. The van der Waals surface area contributed by atoms with Crippen molar-refractivity contribution in [3.8, 4) is 0 Å². The van der Waals surface area contributed by atoms with Crippen LogP contribution in [-0.4, -0.2) is 16.8 Å². The van der Waals surface area contributed by atoms with E-state index < -0.39 is 0 Å². The predicted molar refractivity (Wildman–Crippen MR) is 80.0 cm³/mol. The van der Waals surface area contributed by atoms with E-state index in [1.807, 2.05) is 17.9 Å². The number of hydrogen-bond donors (Lipinski definition) is 1. The quantitative estimate of drug-likeness (QED) is 0.848. The van der Waals surface area contributed by atoms with Gasteiger partial charge in [-0.2, -0.15) is 5.10 Å². The van der Waals surface area contributed by atoms with E-state index in [-0.39, 0.29) is 0 Å². The molecule has 1 aromatic heterocycles. The third-order valence-electron chi connectivity index (χ3n) is 4.72. The molecule has 1 fully saturated rings. The maximum atomic E-state index is 4.31. The molecule has 1 heterocycles. The van der Waals surface area contributed by atoms with Crippen LogP contribution in [0.1, 0.15) is 63.5 Å². The van der Waals surface area contributed by atoms with Gasteiger partial charge in [-0.3, -0.25) is 4.68 Å². The number of nitrogens with zero attached hydrogens (tertiary/aromatic N) is 2. The van der Waals surface area contributed by atoms with Crippen molar-refractivity contribution in [2.24, 2.45) is 18.9 Å². The van der Waals surface area contributed by atoms with Gasteiger partial charge in [-0.05, 0) is 31.7 Å². The van der Waals surface area contributed by atoms with Gasteiger partial charge < -0.3 is 5.32 Å². The molecule has 0 aliphatic heterocycles. The normalized spacial score (nSPS) is 25.4. The SMILES string of the molecule is CCCCC1CCC(C(NC)c2cnn(C)c2)CC1. The number of aromatic nitrogens is 2. The van der Waals surface area contributed by atoms with Crippen LogP contribution >= 0.6 is 0 Å². The van der Waals surface area contributed by atoms with Crippen LogP contribution < -0.4 is 5.32 Å². The molecule has 1 aromatic rings. The Kier molecular flexibility index (Phi) is 5.44. The van der Waals surface area contributed by atoms with Gasteiger partial charge in [-0.15, -0.1) is 0 Å². The van der Waals surface area contributed by atoms with Gasteiger partial charge in [-0.25, -0.2) is 0 Å². The molecule has 2 rings (SSSR count). The van der Waals surface area contributed by atoms with Crippen molar-refractivity contribution in [1.82, 2.24) is 15.1 Å². The second-order valence-corrected chi connectivity index (χ2v) is 6.14. The van der Waals surface area contributed by atoms with E-state index in [1.165, 1.54) is 50.5 Å². The first-order valence-corrected chi connectivity index (χ1v) is 7.90. The lowest BCUT2D eigenvalue weighted by Gasteiger charge is -2.33. The molecular weight excluding hydrogens is 234 g/mol. The van der Waals surface area contributed by atoms with Gasteiger partial charge in [-0.1, -0.05) is 39.0 Å². The van der Waals surface area contributed by atoms with Gasteiger partial charge in [0.05, 0.1) is 6.20 Å². The summed E-state index contributed by atoms with van der Waals surface area (Å²) in [5.41, 5.74) is 1.35. The van der Waals surface area contributed by atoms with Gasteiger partial charge in [0.15, 0.2) is 0 Å². The summed E-state index contributed by atoms with van der Waals surface area (Å²) in [6.45, 7) is 2.30. The summed E-state index contributed by atoms with van der Waals surface area (Å²) in [4.78, 5) is 0. The number of aryl methyl sites for hydroxylation is 1. The van der Waals surface area contributed by atoms with Crippen molar-refractivity contribution in [3.63, 3.8) is 0 Å². The van der Waals surface area contributed by atoms with Crippen LogP contribution in [0.25, 0.3) is 0 Å². The highest BCUT2D eigenvalue weighted by Gasteiger charge is 2.28. The van der Waals surface area contributed by atoms with E-state index in [0.29, 0.717) is 6.04 Å². The molecule has 0 radical (unpaired) electrons. The Hall–Kier alpha value is -0.830. The topological polar surface area (TPSA) is 29.9 Å². The van der Waals surface area contributed by atoms with Gasteiger partial charge in [0.1, 0.15) is 0 Å². The molecule has 1 saturated carbocycles. The van der Waals surface area contributed by atoms with Crippen molar-refractivity contribution in [2.75, 3.05) is 7.05 Å². The maximum absolute atomic E-state index is 4.31. The van der Waals surface area contributed by atoms with E-state index in [0.717, 1.165) is 11.8 Å². The third-order valence-corrected chi connectivity index (χ3v) is 4.72. The predicted octanol–water partition coefficient (Wildman–Crippen LogP) is 3.68. The van der Waals surface area contributed by atoms with Crippen molar-refractivity contribution < 1.29 is 0 Å². The molecule has 19 heavy (non-hydrogen) atoms. The number of hydrogen-bond acceptors (Lipinski definition) is 2. The third kappa shape index (κ3) is 3.82. The molecule has 0 amide bonds. The van der Waals surface area contributed by atoms with Crippen LogP contribution in [-0.2, 0) is 7.05 Å². The Morgan fingerprint density at radius 1 is 1.37 bits per heavy atom. The van der Waals surface area contributed by atoms with E-state index >= 15 is 0 Å². The molecule has 1 atom stereocenters. The zero-order valence-electron chi connectivity index (χ0n) is 12.7. The van der Waals surface area contributed by atoms with Crippen LogP contribution in [0.3, 0.4) is 0 Å². The molecule has 0 spiro atoms. The van der Waals surface area contributed by atoms with Crippen LogP contribution in [0, 0.1) is 11.8 Å². The molecule has 1 N–H and O–H groups in total. The Balaban J connectivity index is 1.88. The van der Waals surface area contributed by atoms with Crippen molar-refractivity contribution in [1.29, 1.82) is 0 Å². The van der Waals surface area contributed by atoms with Crippen molar-refractivity contribution in [3.05, 3.63) is 18.0 Å². The first-order chi connectivity index (χ1) is 9.24. The van der Waals surface area contributed by atoms with Crippen LogP contribution in [0.15, 0.2) is 12.4 Å². The minimum absolute atomic E-state index is 0.487. The fraction of sp³-hybridized carbons (Fsp3) is 0.812. The van der Waals surface area contributed by atoms with E-state index in [4.69, 9.17) is 0 Å². The molecule has 3 nitrogen and oxygen atoms in total. The first kappa shape index (κ1) is 14.6. The zero-order chi connectivity index (χ0) is 13.7. The van der Waals surface area contributed by atoms with Crippen molar-refractivity contribution in [2.45, 2.75) is 57.9 Å². The summed E-state index contributed by atoms with van der Waals surface area (Å²) in [7, 11) is 4.08. The summed E-state index contributed by atoms with van der Waals surface area (Å²) in [5.74, 6) is 1.77. The summed E-state index contributed by atoms with van der Waals surface area (Å²) in [6.07, 6.45) is 14.0. The molecule has 1 aliphatic carbocycles. The molecule has 108 valence electrons. The largest absolute Gasteiger partial charge is 0.313 e. The molecule has 0 bridgehead atoms. The highest BCUT2D eigenvalue weighted by Crippen LogP contribution is 2.38. The first-order valence-electron chi connectivity index (χ1n) is 7.90. The highest BCUT2D eigenvalue weighted by molar-refractivity contribution is 5.12. The van der Waals surface area contributed by atoms with Crippen LogP contribution in [0.4, 0.5) is 0 Å². The van der Waals surface area contributed by atoms with E-state index in [9.17, 15) is 0 Å². The van der Waals surface area contributed by atoms with Gasteiger partial charge >= 0.3 is 0 Å². The second kappa shape index (κ2) is 7.09. The monoisotopic (exact) mass is 263 g/mol. The minimum atomic E-state index is 0.487. The molecule has 1 aliphatic rings. The van der Waals surface area contributed by atoms with Gasteiger partial charge in [0.2, 0.25) is 0 Å². The average molecular weight is 263 g/mol. The van der Waals surface area contributed by atoms with Crippen LogP contribution in [0.2, 0.25) is 0 Å². The molecular formula is C16H29N3. The fourth-order valence-electron chi connectivity index (χ4n) is 3.58. The highest BCUT2D eigenvalue weighted by atomic mass is 15.2. The lowest BCUT2D eigenvalue weighted by atomic mass is 9.76. The van der Waals surface area contributed by atoms with Crippen LogP contribution in [0.5, 0.6) is 0 Å². The van der Waals surface area contributed by atoms with Gasteiger partial charge in [0, 0.05) is 24.8 Å². The summed E-state index contributed by atoms with van der Waals surface area (Å²) in [6, 6.07) is 0.487. The summed E-state index contributed by atoms with van der Waals surface area (Å²) in [5, 5.41) is 7.82. The minimum Gasteiger partial charge on any atom is -0.313 e. The Morgan fingerprint density at radius 3 is 2.63 bits per heavy atom. The van der Waals surface area contributed by atoms with Gasteiger partial charge in [0.25, 0.3) is 0 Å². The maximum Gasteiger partial charge on any atom is 0.0537 e. The van der Waals surface area contributed by atoms with E-state index in [1.54, 1.807) is 0 Å². The number of nitrogens with one attached hydrogen (secondary N) is 1. The Morgan fingerprint density at radius 2 is 2.11 bits per heavy atom. The lowest BCUT2D eigenvalue weighted by Crippen LogP contribution is -2.28. The average Bonchev–Trinajstić information content (AvgIpc) is 2.85. The number of unbranched alkanes of at least 4 members (excludes halogenated alkanes) is 1. The number of rotatable bonds is 6. The lowest BCUT2D eigenvalue weighted by molar-refractivity contribution is 0.218. The van der Waals surface area contributed by atoms with Crippen molar-refractivity contribution >= 4 is 0 Å². The smallest absolute Gasteiger partial charge is 0.0537 e. The Bertz CT molecular complexity index is 364. The fourth-order valence-corrected chi connectivity index (χ4v) is 3.58. The standard InChI is InChI=1S/C16H29N3/c1-4-5-6-13-7-9-14(10-8-13)16(17-2)15-11-18-19(3)12-15/h11-14,16-17H,4-10H2,1-3H3. The Labute approximate surface area is 117 Å².